The molecule has 0 bridgehead atoms. The van der Waals surface area contributed by atoms with Gasteiger partial charge in [-0.05, 0) is 12.3 Å². The topological polar surface area (TPSA) is 90.2 Å². The summed E-state index contributed by atoms with van der Waals surface area (Å²) in [5.41, 5.74) is -0.202. The molecule has 0 atom stereocenters. The van der Waals surface area contributed by atoms with Crippen molar-refractivity contribution in [2.75, 3.05) is 18.5 Å². The van der Waals surface area contributed by atoms with E-state index in [9.17, 15) is 10.1 Å². The molecule has 0 aliphatic carbocycles. The average Bonchev–Trinajstić information content (AvgIpc) is 2.33. The second-order valence-electron chi connectivity index (χ2n) is 4.26. The average molecular weight is 254 g/mol. The minimum absolute atomic E-state index is 0.0168. The van der Waals surface area contributed by atoms with Crippen LogP contribution in [0.2, 0.25) is 0 Å². The minimum Gasteiger partial charge on any atom is -0.473 e. The van der Waals surface area contributed by atoms with E-state index in [1.807, 2.05) is 20.8 Å². The van der Waals surface area contributed by atoms with E-state index < -0.39 is 4.92 Å². The van der Waals surface area contributed by atoms with E-state index in [4.69, 9.17) is 4.74 Å². The molecule has 0 spiro atoms. The van der Waals surface area contributed by atoms with Crippen LogP contribution in [0.5, 0.6) is 5.88 Å². The zero-order valence-electron chi connectivity index (χ0n) is 10.8. The molecular weight excluding hydrogens is 236 g/mol. The van der Waals surface area contributed by atoms with Crippen molar-refractivity contribution in [3.8, 4) is 5.88 Å². The summed E-state index contributed by atoms with van der Waals surface area (Å²) in [4.78, 5) is 18.2. The number of anilines is 1. The van der Waals surface area contributed by atoms with Crippen molar-refractivity contribution in [3.05, 3.63) is 16.4 Å². The number of ether oxygens (including phenoxy) is 1. The van der Waals surface area contributed by atoms with Gasteiger partial charge in [0.15, 0.2) is 0 Å². The lowest BCUT2D eigenvalue weighted by Crippen LogP contribution is -2.12. The molecule has 0 aliphatic heterocycles. The Kier molecular flexibility index (Phi) is 5.29. The van der Waals surface area contributed by atoms with Crippen molar-refractivity contribution in [2.24, 2.45) is 5.92 Å². The zero-order chi connectivity index (χ0) is 13.5. The number of nitrogens with one attached hydrogen (secondary N) is 1. The predicted octanol–water partition coefficient (Wildman–Crippen LogP) is 2.24. The van der Waals surface area contributed by atoms with E-state index >= 15 is 0 Å². The molecule has 1 heterocycles. The summed E-state index contributed by atoms with van der Waals surface area (Å²) in [5.74, 6) is 0.581. The Balaban J connectivity index is 2.97. The third-order valence-electron chi connectivity index (χ3n) is 2.09. The molecule has 0 radical (unpaired) electrons. The van der Waals surface area contributed by atoms with Crippen LogP contribution in [0.15, 0.2) is 6.33 Å². The minimum atomic E-state index is -0.520. The van der Waals surface area contributed by atoms with E-state index in [2.05, 4.69) is 15.3 Å². The molecule has 1 rings (SSSR count). The highest BCUT2D eigenvalue weighted by molar-refractivity contribution is 5.61. The van der Waals surface area contributed by atoms with Crippen LogP contribution in [0.1, 0.15) is 27.2 Å². The standard InChI is InChI=1S/C11H18N4O3/c1-4-5-18-11-9(15(16)17)10(13-7-14-11)12-6-8(2)3/h7-8H,4-6H2,1-3H3,(H,12,13,14). The molecule has 100 valence electrons. The predicted molar refractivity (Wildman–Crippen MR) is 67.8 cm³/mol. The molecule has 0 aromatic carbocycles. The molecule has 18 heavy (non-hydrogen) atoms. The van der Waals surface area contributed by atoms with E-state index in [1.165, 1.54) is 6.33 Å². The van der Waals surface area contributed by atoms with Gasteiger partial charge in [-0.15, -0.1) is 0 Å². The van der Waals surface area contributed by atoms with Crippen LogP contribution in [0.25, 0.3) is 0 Å². The maximum absolute atomic E-state index is 11.1. The Labute approximate surface area is 106 Å². The van der Waals surface area contributed by atoms with Gasteiger partial charge in [0.1, 0.15) is 6.33 Å². The number of aromatic nitrogens is 2. The fourth-order valence-electron chi connectivity index (χ4n) is 1.26. The number of hydrogen-bond donors (Lipinski definition) is 1. The van der Waals surface area contributed by atoms with Crippen molar-refractivity contribution in [2.45, 2.75) is 27.2 Å². The molecule has 0 unspecified atom stereocenters. The Hall–Kier alpha value is -1.92. The van der Waals surface area contributed by atoms with Crippen LogP contribution in [0, 0.1) is 16.0 Å². The molecule has 1 aromatic heterocycles. The molecule has 0 saturated carbocycles. The first-order valence-electron chi connectivity index (χ1n) is 5.92. The van der Waals surface area contributed by atoms with E-state index in [1.54, 1.807) is 0 Å². The van der Waals surface area contributed by atoms with Gasteiger partial charge in [-0.3, -0.25) is 10.1 Å². The van der Waals surface area contributed by atoms with Crippen LogP contribution < -0.4 is 10.1 Å². The monoisotopic (exact) mass is 254 g/mol. The lowest BCUT2D eigenvalue weighted by atomic mass is 10.2. The van der Waals surface area contributed by atoms with Gasteiger partial charge < -0.3 is 10.1 Å². The molecule has 0 aliphatic rings. The first-order valence-corrected chi connectivity index (χ1v) is 5.92. The highest BCUT2D eigenvalue weighted by Crippen LogP contribution is 2.30. The second kappa shape index (κ2) is 6.73. The summed E-state index contributed by atoms with van der Waals surface area (Å²) in [6.45, 7) is 6.93. The SMILES string of the molecule is CCCOc1ncnc(NCC(C)C)c1[N+](=O)[O-]. The summed E-state index contributed by atoms with van der Waals surface area (Å²) < 4.78 is 5.26. The summed E-state index contributed by atoms with van der Waals surface area (Å²) >= 11 is 0. The van der Waals surface area contributed by atoms with Crippen molar-refractivity contribution in [3.63, 3.8) is 0 Å². The van der Waals surface area contributed by atoms with E-state index in [-0.39, 0.29) is 17.4 Å². The summed E-state index contributed by atoms with van der Waals surface area (Å²) in [6.07, 6.45) is 2.02. The highest BCUT2D eigenvalue weighted by Gasteiger charge is 2.24. The number of rotatable bonds is 7. The van der Waals surface area contributed by atoms with Crippen LogP contribution >= 0.6 is 0 Å². The normalized spacial score (nSPS) is 10.4. The quantitative estimate of drug-likeness (QED) is 0.592. The fraction of sp³-hybridized carbons (Fsp3) is 0.636. The van der Waals surface area contributed by atoms with Crippen molar-refractivity contribution in [1.82, 2.24) is 9.97 Å². The third-order valence-corrected chi connectivity index (χ3v) is 2.09. The lowest BCUT2D eigenvalue weighted by molar-refractivity contribution is -0.385. The van der Waals surface area contributed by atoms with E-state index in [0.29, 0.717) is 19.1 Å². The number of nitro groups is 1. The maximum Gasteiger partial charge on any atom is 0.372 e. The van der Waals surface area contributed by atoms with Gasteiger partial charge in [0.2, 0.25) is 5.82 Å². The second-order valence-corrected chi connectivity index (χ2v) is 4.26. The molecule has 1 aromatic rings. The highest BCUT2D eigenvalue weighted by atomic mass is 16.6. The summed E-state index contributed by atoms with van der Waals surface area (Å²) in [5, 5.41) is 14.0. The van der Waals surface area contributed by atoms with Gasteiger partial charge >= 0.3 is 5.69 Å². The van der Waals surface area contributed by atoms with Crippen LogP contribution in [-0.2, 0) is 0 Å². The smallest absolute Gasteiger partial charge is 0.372 e. The van der Waals surface area contributed by atoms with Gasteiger partial charge in [-0.1, -0.05) is 20.8 Å². The molecule has 7 nitrogen and oxygen atoms in total. The number of hydrogen-bond acceptors (Lipinski definition) is 6. The van der Waals surface area contributed by atoms with Crippen molar-refractivity contribution in [1.29, 1.82) is 0 Å². The Morgan fingerprint density at radius 3 is 2.78 bits per heavy atom. The first kappa shape index (κ1) is 14.1. The molecule has 7 heteroatoms. The van der Waals surface area contributed by atoms with Gasteiger partial charge in [0.05, 0.1) is 11.5 Å². The Morgan fingerprint density at radius 1 is 1.50 bits per heavy atom. The Morgan fingerprint density at radius 2 is 2.22 bits per heavy atom. The van der Waals surface area contributed by atoms with E-state index in [0.717, 1.165) is 6.42 Å². The first-order chi connectivity index (χ1) is 8.56. The van der Waals surface area contributed by atoms with Crippen LogP contribution in [0.4, 0.5) is 11.5 Å². The molecule has 1 N–H and O–H groups in total. The Bertz CT molecular complexity index is 409. The largest absolute Gasteiger partial charge is 0.473 e. The zero-order valence-corrected chi connectivity index (χ0v) is 10.8. The van der Waals surface area contributed by atoms with Gasteiger partial charge in [-0.2, -0.15) is 4.98 Å². The van der Waals surface area contributed by atoms with Crippen molar-refractivity contribution < 1.29 is 9.66 Å². The molecule has 0 amide bonds. The maximum atomic E-state index is 11.1. The molecular formula is C11H18N4O3. The van der Waals surface area contributed by atoms with Gasteiger partial charge in [0, 0.05) is 6.54 Å². The van der Waals surface area contributed by atoms with Gasteiger partial charge in [-0.25, -0.2) is 4.98 Å². The summed E-state index contributed by atoms with van der Waals surface area (Å²) in [6, 6.07) is 0. The summed E-state index contributed by atoms with van der Waals surface area (Å²) in [7, 11) is 0. The lowest BCUT2D eigenvalue weighted by Gasteiger charge is -2.10. The molecule has 0 fully saturated rings. The van der Waals surface area contributed by atoms with Gasteiger partial charge in [0.25, 0.3) is 5.88 Å². The van der Waals surface area contributed by atoms with Crippen LogP contribution in [0.3, 0.4) is 0 Å². The fourth-order valence-corrected chi connectivity index (χ4v) is 1.26. The number of nitrogens with zero attached hydrogens (tertiary/aromatic N) is 3. The van der Waals surface area contributed by atoms with Crippen LogP contribution in [-0.4, -0.2) is 28.0 Å². The third kappa shape index (κ3) is 3.83. The molecule has 0 saturated heterocycles. The van der Waals surface area contributed by atoms with Crippen molar-refractivity contribution >= 4 is 11.5 Å².